The number of rotatable bonds is 3. The van der Waals surface area contributed by atoms with Crippen molar-refractivity contribution in [1.82, 2.24) is 9.78 Å². The highest BCUT2D eigenvalue weighted by molar-refractivity contribution is 5.63. The second-order valence-corrected chi connectivity index (χ2v) is 3.61. The van der Waals surface area contributed by atoms with E-state index in [1.54, 1.807) is 0 Å². The molecule has 0 unspecified atom stereocenters. The van der Waals surface area contributed by atoms with E-state index in [2.05, 4.69) is 18.2 Å². The van der Waals surface area contributed by atoms with Gasteiger partial charge in [0.05, 0.1) is 6.20 Å². The predicted octanol–water partition coefficient (Wildman–Crippen LogP) is 2.54. The third-order valence-electron chi connectivity index (χ3n) is 2.33. The summed E-state index contributed by atoms with van der Waals surface area (Å²) in [6, 6.07) is 7.85. The highest BCUT2D eigenvalue weighted by Gasteiger charge is 2.00. The molecule has 0 aliphatic carbocycles. The van der Waals surface area contributed by atoms with Crippen molar-refractivity contribution in [1.29, 1.82) is 0 Å². The minimum Gasteiger partial charge on any atom is -0.399 e. The van der Waals surface area contributed by atoms with Gasteiger partial charge >= 0.3 is 0 Å². The summed E-state index contributed by atoms with van der Waals surface area (Å²) >= 11 is 0. The van der Waals surface area contributed by atoms with Gasteiger partial charge in [-0.2, -0.15) is 5.10 Å². The van der Waals surface area contributed by atoms with Crippen LogP contribution < -0.4 is 5.73 Å². The molecule has 0 atom stereocenters. The van der Waals surface area contributed by atoms with Gasteiger partial charge in [0.15, 0.2) is 0 Å². The normalized spacial score (nSPS) is 10.5. The van der Waals surface area contributed by atoms with Gasteiger partial charge in [-0.3, -0.25) is 4.68 Å². The Hall–Kier alpha value is -1.77. The van der Waals surface area contributed by atoms with Crippen LogP contribution in [0.25, 0.3) is 11.1 Å². The Kier molecular flexibility index (Phi) is 2.72. The van der Waals surface area contributed by atoms with E-state index in [1.807, 2.05) is 35.1 Å². The first-order valence-electron chi connectivity index (χ1n) is 5.18. The van der Waals surface area contributed by atoms with Crippen molar-refractivity contribution in [2.45, 2.75) is 19.9 Å². The highest BCUT2D eigenvalue weighted by Crippen LogP contribution is 2.19. The largest absolute Gasteiger partial charge is 0.399 e. The van der Waals surface area contributed by atoms with E-state index in [0.29, 0.717) is 0 Å². The second-order valence-electron chi connectivity index (χ2n) is 3.61. The van der Waals surface area contributed by atoms with Crippen LogP contribution in [0.5, 0.6) is 0 Å². The molecule has 2 rings (SSSR count). The third-order valence-corrected chi connectivity index (χ3v) is 2.33. The van der Waals surface area contributed by atoms with Gasteiger partial charge in [-0.05, 0) is 24.1 Å². The first kappa shape index (κ1) is 9.77. The van der Waals surface area contributed by atoms with E-state index in [4.69, 9.17) is 5.73 Å². The lowest BCUT2D eigenvalue weighted by Gasteiger charge is -1.98. The summed E-state index contributed by atoms with van der Waals surface area (Å²) in [6.45, 7) is 3.11. The van der Waals surface area contributed by atoms with Crippen LogP contribution in [0.2, 0.25) is 0 Å². The van der Waals surface area contributed by atoms with Crippen LogP contribution in [-0.2, 0) is 6.54 Å². The minimum atomic E-state index is 0.791. The van der Waals surface area contributed by atoms with Crippen LogP contribution >= 0.6 is 0 Å². The maximum absolute atomic E-state index is 5.64. The predicted molar refractivity (Wildman–Crippen MR) is 62.4 cm³/mol. The van der Waals surface area contributed by atoms with Gasteiger partial charge in [-0.15, -0.1) is 0 Å². The maximum Gasteiger partial charge on any atom is 0.0568 e. The van der Waals surface area contributed by atoms with Crippen LogP contribution in [-0.4, -0.2) is 9.78 Å². The molecule has 2 N–H and O–H groups in total. The van der Waals surface area contributed by atoms with Crippen LogP contribution in [0.3, 0.4) is 0 Å². The quantitative estimate of drug-likeness (QED) is 0.775. The molecule has 0 amide bonds. The van der Waals surface area contributed by atoms with E-state index in [1.165, 1.54) is 0 Å². The first-order valence-corrected chi connectivity index (χ1v) is 5.18. The standard InChI is InChI=1S/C12H15N3/c1-2-7-15-9-11(8-14-15)10-3-5-12(13)6-4-10/h3-6,8-9H,2,7,13H2,1H3. The lowest BCUT2D eigenvalue weighted by molar-refractivity contribution is 0.603. The molecule has 1 aromatic carbocycles. The number of anilines is 1. The topological polar surface area (TPSA) is 43.8 Å². The molecular weight excluding hydrogens is 186 g/mol. The second kappa shape index (κ2) is 4.17. The molecule has 3 nitrogen and oxygen atoms in total. The molecule has 0 radical (unpaired) electrons. The molecule has 0 aliphatic rings. The lowest BCUT2D eigenvalue weighted by Crippen LogP contribution is -1.95. The van der Waals surface area contributed by atoms with Crippen molar-refractivity contribution >= 4 is 5.69 Å². The smallest absolute Gasteiger partial charge is 0.0568 e. The molecule has 1 aromatic heterocycles. The van der Waals surface area contributed by atoms with Gasteiger partial charge in [-0.25, -0.2) is 0 Å². The number of aryl methyl sites for hydroxylation is 1. The number of benzene rings is 1. The highest BCUT2D eigenvalue weighted by atomic mass is 15.3. The Bertz CT molecular complexity index is 428. The minimum absolute atomic E-state index is 0.791. The molecule has 3 heteroatoms. The van der Waals surface area contributed by atoms with Gasteiger partial charge in [-0.1, -0.05) is 19.1 Å². The van der Waals surface area contributed by atoms with E-state index < -0.39 is 0 Å². The lowest BCUT2D eigenvalue weighted by atomic mass is 10.1. The zero-order chi connectivity index (χ0) is 10.7. The molecule has 0 saturated carbocycles. The summed E-state index contributed by atoms with van der Waals surface area (Å²) in [4.78, 5) is 0. The Morgan fingerprint density at radius 3 is 2.60 bits per heavy atom. The zero-order valence-corrected chi connectivity index (χ0v) is 8.85. The third kappa shape index (κ3) is 2.18. The van der Waals surface area contributed by atoms with Gasteiger partial charge in [0, 0.05) is 24.0 Å². The zero-order valence-electron chi connectivity index (χ0n) is 8.85. The number of hydrogen-bond acceptors (Lipinski definition) is 2. The van der Waals surface area contributed by atoms with Gasteiger partial charge in [0.1, 0.15) is 0 Å². The van der Waals surface area contributed by atoms with E-state index >= 15 is 0 Å². The molecule has 1 heterocycles. The fourth-order valence-corrected chi connectivity index (χ4v) is 1.54. The molecule has 2 aromatic rings. The molecule has 0 aliphatic heterocycles. The van der Waals surface area contributed by atoms with Crippen molar-refractivity contribution in [2.75, 3.05) is 5.73 Å². The van der Waals surface area contributed by atoms with Crippen molar-refractivity contribution in [3.05, 3.63) is 36.7 Å². The van der Waals surface area contributed by atoms with Gasteiger partial charge in [0.25, 0.3) is 0 Å². The average Bonchev–Trinajstić information content (AvgIpc) is 2.68. The van der Waals surface area contributed by atoms with E-state index in [9.17, 15) is 0 Å². The average molecular weight is 201 g/mol. The summed E-state index contributed by atoms with van der Waals surface area (Å²) in [5, 5.41) is 4.29. The Morgan fingerprint density at radius 1 is 1.20 bits per heavy atom. The van der Waals surface area contributed by atoms with Crippen molar-refractivity contribution in [2.24, 2.45) is 0 Å². The number of nitrogens with zero attached hydrogens (tertiary/aromatic N) is 2. The van der Waals surface area contributed by atoms with Crippen LogP contribution in [0.15, 0.2) is 36.7 Å². The Labute approximate surface area is 89.5 Å². The van der Waals surface area contributed by atoms with Gasteiger partial charge < -0.3 is 5.73 Å². The Morgan fingerprint density at radius 2 is 1.93 bits per heavy atom. The van der Waals surface area contributed by atoms with Crippen LogP contribution in [0, 0.1) is 0 Å². The summed E-state index contributed by atoms with van der Waals surface area (Å²) in [6.07, 6.45) is 5.05. The van der Waals surface area contributed by atoms with Crippen LogP contribution in [0.4, 0.5) is 5.69 Å². The number of hydrogen-bond donors (Lipinski definition) is 1. The molecule has 15 heavy (non-hydrogen) atoms. The van der Waals surface area contributed by atoms with E-state index in [-0.39, 0.29) is 0 Å². The Balaban J connectivity index is 2.25. The number of nitrogens with two attached hydrogens (primary N) is 1. The SMILES string of the molecule is CCCn1cc(-c2ccc(N)cc2)cn1. The van der Waals surface area contributed by atoms with Crippen molar-refractivity contribution in [3.8, 4) is 11.1 Å². The molecule has 0 fully saturated rings. The van der Waals surface area contributed by atoms with E-state index in [0.717, 1.165) is 29.8 Å². The first-order chi connectivity index (χ1) is 7.29. The number of nitrogen functional groups attached to an aromatic ring is 1. The molecule has 0 spiro atoms. The van der Waals surface area contributed by atoms with Gasteiger partial charge in [0.2, 0.25) is 0 Å². The molecule has 0 saturated heterocycles. The summed E-state index contributed by atoms with van der Waals surface area (Å²) in [7, 11) is 0. The summed E-state index contributed by atoms with van der Waals surface area (Å²) in [5.41, 5.74) is 8.73. The fourth-order valence-electron chi connectivity index (χ4n) is 1.54. The number of aromatic nitrogens is 2. The summed E-state index contributed by atoms with van der Waals surface area (Å²) in [5.74, 6) is 0. The fraction of sp³-hybridized carbons (Fsp3) is 0.250. The molecule has 78 valence electrons. The molecule has 0 bridgehead atoms. The summed E-state index contributed by atoms with van der Waals surface area (Å²) < 4.78 is 1.96. The maximum atomic E-state index is 5.64. The van der Waals surface area contributed by atoms with Crippen molar-refractivity contribution in [3.63, 3.8) is 0 Å². The van der Waals surface area contributed by atoms with Crippen molar-refractivity contribution < 1.29 is 0 Å². The van der Waals surface area contributed by atoms with Crippen LogP contribution in [0.1, 0.15) is 13.3 Å². The molecular formula is C12H15N3. The monoisotopic (exact) mass is 201 g/mol.